The molecule has 20 heavy (non-hydrogen) atoms. The molecule has 1 saturated carbocycles. The van der Waals surface area contributed by atoms with E-state index in [9.17, 15) is 0 Å². The maximum atomic E-state index is 4.31. The van der Waals surface area contributed by atoms with E-state index < -0.39 is 0 Å². The molecule has 0 amide bonds. The van der Waals surface area contributed by atoms with E-state index in [1.165, 1.54) is 36.1 Å². The van der Waals surface area contributed by atoms with Crippen LogP contribution in [0.5, 0.6) is 0 Å². The molecule has 0 saturated heterocycles. The predicted molar refractivity (Wildman–Crippen MR) is 99.2 cm³/mol. The number of halogens is 1. The van der Waals surface area contributed by atoms with E-state index in [-0.39, 0.29) is 24.0 Å². The maximum Gasteiger partial charge on any atom is 0.191 e. The monoisotopic (exact) mass is 407 g/mol. The largest absolute Gasteiger partial charge is 0.356 e. The lowest BCUT2D eigenvalue weighted by molar-refractivity contribution is 0.131. The summed E-state index contributed by atoms with van der Waals surface area (Å²) in [5, 5.41) is 9.04. The van der Waals surface area contributed by atoms with Crippen molar-refractivity contribution in [2.45, 2.75) is 46.1 Å². The molecule has 0 spiro atoms. The van der Waals surface area contributed by atoms with E-state index in [4.69, 9.17) is 0 Å². The van der Waals surface area contributed by atoms with Gasteiger partial charge < -0.3 is 10.6 Å². The molecule has 2 rings (SSSR count). The fourth-order valence-corrected chi connectivity index (χ4v) is 3.42. The van der Waals surface area contributed by atoms with Crippen molar-refractivity contribution in [2.75, 3.05) is 13.6 Å². The highest BCUT2D eigenvalue weighted by Gasteiger charge is 2.34. The zero-order chi connectivity index (χ0) is 13.7. The molecule has 0 unspecified atom stereocenters. The summed E-state index contributed by atoms with van der Waals surface area (Å²) in [6, 6.07) is 2.16. The van der Waals surface area contributed by atoms with E-state index in [0.29, 0.717) is 5.41 Å². The Labute approximate surface area is 143 Å². The number of aliphatic imine (C=N–C) groups is 1. The highest BCUT2D eigenvalue weighted by atomic mass is 127. The summed E-state index contributed by atoms with van der Waals surface area (Å²) in [7, 11) is 1.84. The van der Waals surface area contributed by atoms with Gasteiger partial charge in [0.05, 0.1) is 6.54 Å². The minimum absolute atomic E-state index is 0. The standard InChI is InChI=1S/C15H25N3S.HI/c1-4-15(7-5-8-15)11-18-14(16-3)17-10-13-12(2)6-9-19-13;/h6,9H,4-5,7-8,10-11H2,1-3H3,(H2,16,17,18);1H. The topological polar surface area (TPSA) is 36.4 Å². The lowest BCUT2D eigenvalue weighted by Crippen LogP contribution is -2.46. The first-order valence-corrected chi connectivity index (χ1v) is 8.04. The number of hydrogen-bond donors (Lipinski definition) is 2. The van der Waals surface area contributed by atoms with Crippen LogP contribution >= 0.6 is 35.3 Å². The van der Waals surface area contributed by atoms with E-state index in [1.54, 1.807) is 11.3 Å². The van der Waals surface area contributed by atoms with Gasteiger partial charge in [-0.2, -0.15) is 0 Å². The first kappa shape index (κ1) is 17.8. The molecule has 1 heterocycles. The SMILES string of the molecule is CCC1(CNC(=NC)NCc2sccc2C)CCC1.I. The molecule has 0 atom stereocenters. The van der Waals surface area contributed by atoms with Crippen molar-refractivity contribution in [3.8, 4) is 0 Å². The third-order valence-corrected chi connectivity index (χ3v) is 5.43. The number of nitrogens with zero attached hydrogens (tertiary/aromatic N) is 1. The van der Waals surface area contributed by atoms with E-state index in [1.807, 2.05) is 7.05 Å². The van der Waals surface area contributed by atoms with Gasteiger partial charge in [0.1, 0.15) is 0 Å². The molecule has 0 bridgehead atoms. The third kappa shape index (κ3) is 4.35. The van der Waals surface area contributed by atoms with Gasteiger partial charge in [0.25, 0.3) is 0 Å². The smallest absolute Gasteiger partial charge is 0.191 e. The van der Waals surface area contributed by atoms with Crippen LogP contribution in [0, 0.1) is 12.3 Å². The molecule has 0 aromatic carbocycles. The first-order valence-electron chi connectivity index (χ1n) is 7.16. The Morgan fingerprint density at radius 3 is 2.60 bits per heavy atom. The van der Waals surface area contributed by atoms with Gasteiger partial charge in [-0.3, -0.25) is 4.99 Å². The Bertz CT molecular complexity index is 433. The van der Waals surface area contributed by atoms with Crippen molar-refractivity contribution in [1.29, 1.82) is 0 Å². The Balaban J connectivity index is 0.00000200. The van der Waals surface area contributed by atoms with Gasteiger partial charge in [0, 0.05) is 18.5 Å². The quantitative estimate of drug-likeness (QED) is 0.441. The number of thiophene rings is 1. The third-order valence-electron chi connectivity index (χ3n) is 4.40. The Kier molecular flexibility index (Phi) is 7.29. The fraction of sp³-hybridized carbons (Fsp3) is 0.667. The van der Waals surface area contributed by atoms with Crippen LogP contribution < -0.4 is 10.6 Å². The molecular formula is C15H26IN3S. The van der Waals surface area contributed by atoms with Crippen LogP contribution in [0.2, 0.25) is 0 Å². The van der Waals surface area contributed by atoms with Gasteiger partial charge in [0.2, 0.25) is 0 Å². The predicted octanol–water partition coefficient (Wildman–Crippen LogP) is 3.92. The number of hydrogen-bond acceptors (Lipinski definition) is 2. The zero-order valence-electron chi connectivity index (χ0n) is 12.7. The van der Waals surface area contributed by atoms with Gasteiger partial charge in [-0.25, -0.2) is 0 Å². The molecule has 1 aliphatic rings. The van der Waals surface area contributed by atoms with E-state index in [2.05, 4.69) is 40.9 Å². The van der Waals surface area contributed by atoms with Crippen LogP contribution in [0.25, 0.3) is 0 Å². The maximum absolute atomic E-state index is 4.31. The van der Waals surface area contributed by atoms with Gasteiger partial charge in [-0.1, -0.05) is 13.3 Å². The minimum atomic E-state index is 0. The summed E-state index contributed by atoms with van der Waals surface area (Å²) in [5.74, 6) is 0.924. The molecule has 3 nitrogen and oxygen atoms in total. The van der Waals surface area contributed by atoms with Crippen molar-refractivity contribution in [1.82, 2.24) is 10.6 Å². The van der Waals surface area contributed by atoms with Gasteiger partial charge >= 0.3 is 0 Å². The first-order chi connectivity index (χ1) is 9.19. The molecule has 2 N–H and O–H groups in total. The Morgan fingerprint density at radius 1 is 1.40 bits per heavy atom. The van der Waals surface area contributed by atoms with Gasteiger partial charge in [-0.05, 0) is 48.6 Å². The fourth-order valence-electron chi connectivity index (χ4n) is 2.57. The van der Waals surface area contributed by atoms with Crippen molar-refractivity contribution in [2.24, 2.45) is 10.4 Å². The second-order valence-corrected chi connectivity index (χ2v) is 6.51. The van der Waals surface area contributed by atoms with E-state index >= 15 is 0 Å². The van der Waals surface area contributed by atoms with Crippen LogP contribution in [0.15, 0.2) is 16.4 Å². The number of nitrogens with one attached hydrogen (secondary N) is 2. The van der Waals surface area contributed by atoms with Crippen molar-refractivity contribution in [3.63, 3.8) is 0 Å². The molecule has 0 aliphatic heterocycles. The molecule has 5 heteroatoms. The second-order valence-electron chi connectivity index (χ2n) is 5.51. The lowest BCUT2D eigenvalue weighted by atomic mass is 9.67. The zero-order valence-corrected chi connectivity index (χ0v) is 15.8. The number of aryl methyl sites for hydroxylation is 1. The van der Waals surface area contributed by atoms with Crippen LogP contribution in [0.1, 0.15) is 43.0 Å². The minimum Gasteiger partial charge on any atom is -0.356 e. The second kappa shape index (κ2) is 8.22. The van der Waals surface area contributed by atoms with E-state index in [0.717, 1.165) is 19.0 Å². The average molecular weight is 407 g/mol. The van der Waals surface area contributed by atoms with Gasteiger partial charge in [0.15, 0.2) is 5.96 Å². The molecule has 114 valence electrons. The highest BCUT2D eigenvalue weighted by Crippen LogP contribution is 2.42. The lowest BCUT2D eigenvalue weighted by Gasteiger charge is -2.41. The summed E-state index contributed by atoms with van der Waals surface area (Å²) in [6.07, 6.45) is 5.37. The summed E-state index contributed by atoms with van der Waals surface area (Å²) in [4.78, 5) is 5.70. The van der Waals surface area contributed by atoms with Gasteiger partial charge in [-0.15, -0.1) is 35.3 Å². The number of rotatable bonds is 5. The Morgan fingerprint density at radius 2 is 2.15 bits per heavy atom. The van der Waals surface area contributed by atoms with Crippen LogP contribution in [-0.2, 0) is 6.54 Å². The summed E-state index contributed by atoms with van der Waals surface area (Å²) in [5.41, 5.74) is 1.88. The number of guanidine groups is 1. The molecular weight excluding hydrogens is 381 g/mol. The van der Waals surface area contributed by atoms with Crippen molar-refractivity contribution < 1.29 is 0 Å². The normalized spacial score (nSPS) is 17.1. The summed E-state index contributed by atoms with van der Waals surface area (Å²) < 4.78 is 0. The van der Waals surface area contributed by atoms with Crippen LogP contribution in [0.3, 0.4) is 0 Å². The average Bonchev–Trinajstić information content (AvgIpc) is 2.78. The van der Waals surface area contributed by atoms with Crippen LogP contribution in [0.4, 0.5) is 0 Å². The van der Waals surface area contributed by atoms with Crippen molar-refractivity contribution in [3.05, 3.63) is 21.9 Å². The molecule has 1 aromatic heterocycles. The summed E-state index contributed by atoms with van der Waals surface area (Å²) >= 11 is 1.80. The van der Waals surface area contributed by atoms with Crippen LogP contribution in [-0.4, -0.2) is 19.6 Å². The Hall–Kier alpha value is -0.300. The molecule has 0 radical (unpaired) electrons. The molecule has 1 fully saturated rings. The highest BCUT2D eigenvalue weighted by molar-refractivity contribution is 14.0. The molecule has 1 aromatic rings. The summed E-state index contributed by atoms with van der Waals surface area (Å²) in [6.45, 7) is 6.37. The van der Waals surface area contributed by atoms with Crippen molar-refractivity contribution >= 4 is 41.3 Å². The molecule has 1 aliphatic carbocycles.